The number of esters is 1. The fourth-order valence-electron chi connectivity index (χ4n) is 6.02. The molecule has 0 heterocycles. The van der Waals surface area contributed by atoms with Crippen molar-refractivity contribution < 1.29 is 42.7 Å². The van der Waals surface area contributed by atoms with Crippen LogP contribution < -0.4 is 5.73 Å². The van der Waals surface area contributed by atoms with Gasteiger partial charge in [0.15, 0.2) is 0 Å². The van der Waals surface area contributed by atoms with E-state index in [0.29, 0.717) is 13.0 Å². The summed E-state index contributed by atoms with van der Waals surface area (Å²) in [5, 5.41) is 8.90. The molecule has 10 nitrogen and oxygen atoms in total. The van der Waals surface area contributed by atoms with Crippen LogP contribution in [0.3, 0.4) is 0 Å². The maximum absolute atomic E-state index is 12.6. The summed E-state index contributed by atoms with van der Waals surface area (Å²) in [5.41, 5.74) is 5.36. The van der Waals surface area contributed by atoms with Gasteiger partial charge >= 0.3 is 19.8 Å². The Kier molecular flexibility index (Phi) is 40.5. The van der Waals surface area contributed by atoms with Crippen molar-refractivity contribution in [3.63, 3.8) is 0 Å². The second-order valence-corrected chi connectivity index (χ2v) is 16.6. The molecule has 0 aromatic heterocycles. The Balaban J connectivity index is 4.24. The van der Waals surface area contributed by atoms with Gasteiger partial charge in [-0.05, 0) is 77.0 Å². The molecule has 0 aliphatic carbocycles. The van der Waals surface area contributed by atoms with Crippen molar-refractivity contribution in [2.24, 2.45) is 5.73 Å². The lowest BCUT2D eigenvalue weighted by Gasteiger charge is -2.20. The Morgan fingerprint density at radius 1 is 0.561 bits per heavy atom. The van der Waals surface area contributed by atoms with Crippen LogP contribution >= 0.6 is 7.82 Å². The van der Waals surface area contributed by atoms with E-state index in [0.717, 1.165) is 70.6 Å². The first-order valence-electron chi connectivity index (χ1n) is 22.7. The van der Waals surface area contributed by atoms with Gasteiger partial charge in [-0.25, -0.2) is 4.57 Å². The van der Waals surface area contributed by atoms with E-state index in [1.807, 2.05) is 0 Å². The number of aliphatic carboxylic acids is 1. The van der Waals surface area contributed by atoms with Gasteiger partial charge in [-0.1, -0.05) is 159 Å². The molecule has 0 aromatic rings. The minimum Gasteiger partial charge on any atom is -0.480 e. The second kappa shape index (κ2) is 42.1. The number of ether oxygens (including phenoxy) is 2. The number of hydrogen-bond donors (Lipinski definition) is 3. The number of allylic oxidation sites excluding steroid dienone is 8. The van der Waals surface area contributed by atoms with Crippen molar-refractivity contribution in [3.05, 3.63) is 48.6 Å². The van der Waals surface area contributed by atoms with Crippen molar-refractivity contribution in [2.75, 3.05) is 26.4 Å². The molecular weight excluding hydrogens is 741 g/mol. The maximum Gasteiger partial charge on any atom is 0.472 e. The Labute approximate surface area is 348 Å². The standard InChI is InChI=1S/C46H84NO9P/c1-3-5-7-9-11-13-15-17-19-20-21-22-23-25-27-29-31-33-35-37-39-53-40-43(41-54-57(51,52)55-42-44(47)46(49)50)56-45(48)38-36-34-32-30-28-26-24-18-16-14-12-10-8-6-4-2/h11,13,17-19,21-22,24,43-44H,3-10,12,14-16,20,23,25-42,47H2,1-2H3,(H,49,50)(H,51,52)/b13-11-,19-17-,22-21-,24-18-. The molecule has 0 radical (unpaired) electrons. The largest absolute Gasteiger partial charge is 0.480 e. The van der Waals surface area contributed by atoms with E-state index >= 15 is 0 Å². The summed E-state index contributed by atoms with van der Waals surface area (Å²) in [6.45, 7) is 3.82. The molecule has 3 atom stereocenters. The van der Waals surface area contributed by atoms with E-state index in [1.165, 1.54) is 96.3 Å². The van der Waals surface area contributed by atoms with Crippen molar-refractivity contribution in [2.45, 2.75) is 206 Å². The second-order valence-electron chi connectivity index (χ2n) is 15.2. The molecule has 0 saturated carbocycles. The highest BCUT2D eigenvalue weighted by atomic mass is 31.2. The fourth-order valence-corrected chi connectivity index (χ4v) is 6.79. The highest BCUT2D eigenvalue weighted by molar-refractivity contribution is 7.47. The summed E-state index contributed by atoms with van der Waals surface area (Å²) < 4.78 is 33.4. The molecule has 0 aliphatic rings. The Hall–Kier alpha value is -2.07. The zero-order valence-electron chi connectivity index (χ0n) is 36.2. The quantitative estimate of drug-likeness (QED) is 0.0234. The molecule has 57 heavy (non-hydrogen) atoms. The first kappa shape index (κ1) is 54.9. The van der Waals surface area contributed by atoms with E-state index in [9.17, 15) is 19.0 Å². The van der Waals surface area contributed by atoms with Gasteiger partial charge < -0.3 is 25.2 Å². The zero-order chi connectivity index (χ0) is 41.9. The van der Waals surface area contributed by atoms with Gasteiger partial charge in [-0.15, -0.1) is 0 Å². The fraction of sp³-hybridized carbons (Fsp3) is 0.783. The number of hydrogen-bond acceptors (Lipinski definition) is 8. The molecule has 0 saturated heterocycles. The van der Waals surface area contributed by atoms with Gasteiger partial charge in [-0.3, -0.25) is 18.6 Å². The molecule has 4 N–H and O–H groups in total. The molecule has 0 bridgehead atoms. The van der Waals surface area contributed by atoms with Crippen LogP contribution in [0.25, 0.3) is 0 Å². The first-order chi connectivity index (χ1) is 27.7. The van der Waals surface area contributed by atoms with Crippen molar-refractivity contribution in [1.29, 1.82) is 0 Å². The number of phosphoric ester groups is 1. The van der Waals surface area contributed by atoms with Crippen molar-refractivity contribution >= 4 is 19.8 Å². The molecule has 3 unspecified atom stereocenters. The average Bonchev–Trinajstić information content (AvgIpc) is 3.19. The number of unbranched alkanes of at least 4 members (excludes halogenated alkanes) is 21. The van der Waals surface area contributed by atoms with Gasteiger partial charge in [0, 0.05) is 13.0 Å². The molecule has 0 aromatic carbocycles. The highest BCUT2D eigenvalue weighted by Gasteiger charge is 2.27. The van der Waals surface area contributed by atoms with E-state index in [4.69, 9.17) is 29.4 Å². The molecule has 0 fully saturated rings. The maximum atomic E-state index is 12.6. The average molecular weight is 826 g/mol. The van der Waals surface area contributed by atoms with Gasteiger partial charge in [0.05, 0.1) is 19.8 Å². The number of rotatable bonds is 43. The summed E-state index contributed by atoms with van der Waals surface area (Å²) in [6, 6.07) is -1.48. The summed E-state index contributed by atoms with van der Waals surface area (Å²) >= 11 is 0. The lowest BCUT2D eigenvalue weighted by molar-refractivity contribution is -0.154. The normalized spacial score (nSPS) is 14.3. The Bertz CT molecular complexity index is 1090. The summed E-state index contributed by atoms with van der Waals surface area (Å²) in [5.74, 6) is -1.79. The molecule has 0 rings (SSSR count). The number of carboxylic acid groups (broad SMARTS) is 1. The lowest BCUT2D eigenvalue weighted by Crippen LogP contribution is -2.34. The smallest absolute Gasteiger partial charge is 0.472 e. The van der Waals surface area contributed by atoms with Crippen LogP contribution in [0.4, 0.5) is 0 Å². The van der Waals surface area contributed by atoms with Crippen LogP contribution in [0.5, 0.6) is 0 Å². The molecule has 332 valence electrons. The Morgan fingerprint density at radius 3 is 1.49 bits per heavy atom. The minimum atomic E-state index is -4.62. The van der Waals surface area contributed by atoms with E-state index in [2.05, 4.69) is 62.5 Å². The van der Waals surface area contributed by atoms with Crippen LogP contribution in [0.2, 0.25) is 0 Å². The number of nitrogens with two attached hydrogens (primary N) is 1. The van der Waals surface area contributed by atoms with Crippen LogP contribution in [0.1, 0.15) is 194 Å². The lowest BCUT2D eigenvalue weighted by atomic mass is 10.1. The molecule has 11 heteroatoms. The van der Waals surface area contributed by atoms with Crippen LogP contribution in [0, 0.1) is 0 Å². The van der Waals surface area contributed by atoms with Crippen molar-refractivity contribution in [1.82, 2.24) is 0 Å². The first-order valence-corrected chi connectivity index (χ1v) is 24.2. The minimum absolute atomic E-state index is 0.00619. The third-order valence-electron chi connectivity index (χ3n) is 9.58. The van der Waals surface area contributed by atoms with Crippen LogP contribution in [-0.2, 0) is 32.7 Å². The predicted octanol–water partition coefficient (Wildman–Crippen LogP) is 12.6. The SMILES string of the molecule is CCCCC/C=C\C/C=C\C/C=C\CCCCCCCCCOCC(COP(=O)(O)OCC(N)C(=O)O)OC(=O)CCCCCCC/C=C\CCCCCCCC. The third-order valence-corrected chi connectivity index (χ3v) is 10.5. The molecule has 0 aliphatic heterocycles. The van der Waals surface area contributed by atoms with Crippen LogP contribution in [-0.4, -0.2) is 60.5 Å². The van der Waals surface area contributed by atoms with Gasteiger partial charge in [0.1, 0.15) is 12.1 Å². The van der Waals surface area contributed by atoms with Crippen molar-refractivity contribution in [3.8, 4) is 0 Å². The van der Waals surface area contributed by atoms with E-state index in [1.54, 1.807) is 0 Å². The summed E-state index contributed by atoms with van der Waals surface area (Å²) in [7, 11) is -4.62. The molecule has 0 amide bonds. The highest BCUT2D eigenvalue weighted by Crippen LogP contribution is 2.43. The number of carbonyl (C=O) groups excluding carboxylic acids is 1. The van der Waals surface area contributed by atoms with Gasteiger partial charge in [-0.2, -0.15) is 0 Å². The van der Waals surface area contributed by atoms with Gasteiger partial charge in [0.2, 0.25) is 0 Å². The molecular formula is C46H84NO9P. The topological polar surface area (TPSA) is 155 Å². The monoisotopic (exact) mass is 826 g/mol. The van der Waals surface area contributed by atoms with Crippen LogP contribution in [0.15, 0.2) is 48.6 Å². The Morgan fingerprint density at radius 2 is 0.965 bits per heavy atom. The number of carboxylic acids is 1. The summed E-state index contributed by atoms with van der Waals surface area (Å²) in [4.78, 5) is 33.5. The summed E-state index contributed by atoms with van der Waals surface area (Å²) in [6.07, 6.45) is 48.7. The number of phosphoric acid groups is 1. The zero-order valence-corrected chi connectivity index (χ0v) is 37.1. The van der Waals surface area contributed by atoms with E-state index in [-0.39, 0.29) is 13.0 Å². The van der Waals surface area contributed by atoms with E-state index < -0.39 is 45.1 Å². The third kappa shape index (κ3) is 41.9. The number of carbonyl (C=O) groups is 2. The molecule has 0 spiro atoms. The predicted molar refractivity (Wildman–Crippen MR) is 235 cm³/mol. The van der Waals surface area contributed by atoms with Gasteiger partial charge in [0.25, 0.3) is 0 Å².